The van der Waals surface area contributed by atoms with Crippen LogP contribution >= 0.6 is 0 Å². The lowest BCUT2D eigenvalue weighted by Gasteiger charge is -2.21. The molecule has 1 atom stereocenters. The number of aromatic nitrogens is 1. The van der Waals surface area contributed by atoms with Crippen molar-refractivity contribution >= 4 is 11.6 Å². The second-order valence-corrected chi connectivity index (χ2v) is 4.72. The summed E-state index contributed by atoms with van der Waals surface area (Å²) in [4.78, 5) is 4.43. The van der Waals surface area contributed by atoms with Crippen LogP contribution in [-0.4, -0.2) is 42.0 Å². The van der Waals surface area contributed by atoms with Crippen molar-refractivity contribution in [1.29, 1.82) is 0 Å². The first kappa shape index (κ1) is 13.1. The Hall–Kier alpha value is -1.33. The zero-order valence-corrected chi connectivity index (χ0v) is 10.8. The lowest BCUT2D eigenvalue weighted by molar-refractivity contribution is 0.0381. The molecule has 0 aliphatic carbocycles. The number of ether oxygens (including phenoxy) is 1. The van der Waals surface area contributed by atoms with Crippen LogP contribution in [0.3, 0.4) is 0 Å². The summed E-state index contributed by atoms with van der Waals surface area (Å²) in [6, 6.07) is 5.78. The van der Waals surface area contributed by atoms with E-state index in [-0.39, 0.29) is 0 Å². The van der Waals surface area contributed by atoms with Gasteiger partial charge in [-0.25, -0.2) is 4.98 Å². The molecule has 1 aliphatic heterocycles. The molecule has 0 aromatic carbocycles. The Balaban J connectivity index is 1.88. The second-order valence-electron chi connectivity index (χ2n) is 4.72. The van der Waals surface area contributed by atoms with E-state index in [0.717, 1.165) is 24.6 Å². The second kappa shape index (κ2) is 6.02. The molecule has 0 saturated carbocycles. The molecular weight excluding hydrogens is 230 g/mol. The van der Waals surface area contributed by atoms with Gasteiger partial charge in [-0.2, -0.15) is 0 Å². The molecule has 1 unspecified atom stereocenters. The fraction of sp³-hybridized carbons (Fsp3) is 0.615. The highest BCUT2D eigenvalue weighted by atomic mass is 16.5. The lowest BCUT2D eigenvalue weighted by atomic mass is 10.0. The third-order valence-corrected chi connectivity index (χ3v) is 2.99. The summed E-state index contributed by atoms with van der Waals surface area (Å²) in [5, 5.41) is 16.5. The number of hydrogen-bond acceptors (Lipinski definition) is 5. The van der Waals surface area contributed by atoms with Gasteiger partial charge in [0.05, 0.1) is 6.61 Å². The van der Waals surface area contributed by atoms with Crippen molar-refractivity contribution in [2.75, 3.05) is 36.9 Å². The predicted molar refractivity (Wildman–Crippen MR) is 71.9 cm³/mol. The van der Waals surface area contributed by atoms with Gasteiger partial charge in [-0.1, -0.05) is 13.0 Å². The van der Waals surface area contributed by atoms with E-state index < -0.39 is 5.60 Å². The van der Waals surface area contributed by atoms with E-state index >= 15 is 0 Å². The van der Waals surface area contributed by atoms with Gasteiger partial charge in [-0.15, -0.1) is 0 Å². The van der Waals surface area contributed by atoms with E-state index in [1.165, 1.54) is 0 Å². The van der Waals surface area contributed by atoms with Crippen LogP contribution in [0.5, 0.6) is 0 Å². The molecule has 5 heteroatoms. The van der Waals surface area contributed by atoms with Gasteiger partial charge in [0, 0.05) is 26.1 Å². The maximum Gasteiger partial charge on any atom is 0.128 e. The highest BCUT2D eigenvalue weighted by Crippen LogP contribution is 2.19. The van der Waals surface area contributed by atoms with E-state index in [2.05, 4.69) is 22.5 Å². The third kappa shape index (κ3) is 3.58. The molecule has 5 nitrogen and oxygen atoms in total. The number of aliphatic hydroxyl groups is 1. The van der Waals surface area contributed by atoms with Crippen LogP contribution in [0.25, 0.3) is 0 Å². The first-order chi connectivity index (χ1) is 8.72. The summed E-state index contributed by atoms with van der Waals surface area (Å²) in [5.41, 5.74) is -0.755. The number of pyridine rings is 1. The van der Waals surface area contributed by atoms with Crippen LogP contribution in [0, 0.1) is 0 Å². The molecule has 100 valence electrons. The van der Waals surface area contributed by atoms with E-state index in [1.54, 1.807) is 0 Å². The molecule has 0 amide bonds. The molecule has 1 aromatic heterocycles. The Labute approximate surface area is 108 Å². The Bertz CT molecular complexity index is 378. The fourth-order valence-corrected chi connectivity index (χ4v) is 1.88. The van der Waals surface area contributed by atoms with Gasteiger partial charge in [-0.3, -0.25) is 0 Å². The third-order valence-electron chi connectivity index (χ3n) is 2.99. The Morgan fingerprint density at radius 3 is 2.83 bits per heavy atom. The average Bonchev–Trinajstić information content (AvgIpc) is 2.82. The van der Waals surface area contributed by atoms with Crippen LogP contribution in [-0.2, 0) is 4.74 Å². The van der Waals surface area contributed by atoms with Crippen molar-refractivity contribution in [1.82, 2.24) is 4.98 Å². The Kier molecular flexibility index (Phi) is 4.38. The number of hydrogen-bond donors (Lipinski definition) is 3. The maximum absolute atomic E-state index is 10.1. The molecule has 2 rings (SSSR count). The van der Waals surface area contributed by atoms with E-state index in [1.807, 2.05) is 18.2 Å². The van der Waals surface area contributed by atoms with E-state index in [0.29, 0.717) is 26.2 Å². The Morgan fingerprint density at radius 1 is 1.39 bits per heavy atom. The molecular formula is C13H21N3O2. The average molecular weight is 251 g/mol. The van der Waals surface area contributed by atoms with Gasteiger partial charge in [-0.05, 0) is 18.6 Å². The standard InChI is InChI=1S/C13H21N3O2/c1-2-7-14-11-4-3-5-12(16-11)15-9-13(17)6-8-18-10-13/h3-5,17H,2,6-10H2,1H3,(H2,14,15,16). The van der Waals surface area contributed by atoms with E-state index in [9.17, 15) is 5.11 Å². The first-order valence-electron chi connectivity index (χ1n) is 6.47. The number of rotatable bonds is 6. The first-order valence-corrected chi connectivity index (χ1v) is 6.47. The summed E-state index contributed by atoms with van der Waals surface area (Å²) >= 11 is 0. The highest BCUT2D eigenvalue weighted by Gasteiger charge is 2.31. The molecule has 3 N–H and O–H groups in total. The van der Waals surface area contributed by atoms with Crippen LogP contribution in [0.15, 0.2) is 18.2 Å². The van der Waals surface area contributed by atoms with Gasteiger partial charge < -0.3 is 20.5 Å². The van der Waals surface area contributed by atoms with Gasteiger partial charge in [0.2, 0.25) is 0 Å². The van der Waals surface area contributed by atoms with Crippen molar-refractivity contribution in [3.05, 3.63) is 18.2 Å². The predicted octanol–water partition coefficient (Wildman–Crippen LogP) is 1.47. The minimum absolute atomic E-state index is 0.397. The van der Waals surface area contributed by atoms with E-state index in [4.69, 9.17) is 4.74 Å². The van der Waals surface area contributed by atoms with Crippen molar-refractivity contribution < 1.29 is 9.84 Å². The van der Waals surface area contributed by atoms with Gasteiger partial charge in [0.25, 0.3) is 0 Å². The summed E-state index contributed by atoms with van der Waals surface area (Å²) in [6.07, 6.45) is 1.74. The lowest BCUT2D eigenvalue weighted by Crippen LogP contribution is -2.37. The highest BCUT2D eigenvalue weighted by molar-refractivity contribution is 5.45. The van der Waals surface area contributed by atoms with Gasteiger partial charge in [0.1, 0.15) is 17.2 Å². The van der Waals surface area contributed by atoms with Crippen LogP contribution in [0.2, 0.25) is 0 Å². The van der Waals surface area contributed by atoms with Gasteiger partial charge >= 0.3 is 0 Å². The van der Waals surface area contributed by atoms with Crippen molar-refractivity contribution in [2.24, 2.45) is 0 Å². The molecule has 1 aromatic rings. The summed E-state index contributed by atoms with van der Waals surface area (Å²) in [5.74, 6) is 1.63. The van der Waals surface area contributed by atoms with Crippen LogP contribution in [0.4, 0.5) is 11.6 Å². The zero-order valence-electron chi connectivity index (χ0n) is 10.8. The SMILES string of the molecule is CCCNc1cccc(NCC2(O)CCOC2)n1. The molecule has 1 aliphatic rings. The number of nitrogens with zero attached hydrogens (tertiary/aromatic N) is 1. The largest absolute Gasteiger partial charge is 0.386 e. The Morgan fingerprint density at radius 2 is 2.17 bits per heavy atom. The minimum atomic E-state index is -0.755. The molecule has 2 heterocycles. The van der Waals surface area contributed by atoms with Crippen molar-refractivity contribution in [3.8, 4) is 0 Å². The van der Waals surface area contributed by atoms with Crippen molar-refractivity contribution in [2.45, 2.75) is 25.4 Å². The van der Waals surface area contributed by atoms with Gasteiger partial charge in [0.15, 0.2) is 0 Å². The molecule has 0 bridgehead atoms. The monoisotopic (exact) mass is 251 g/mol. The number of anilines is 2. The molecule has 18 heavy (non-hydrogen) atoms. The molecule has 1 saturated heterocycles. The summed E-state index contributed by atoms with van der Waals surface area (Å²) in [6.45, 7) is 4.52. The summed E-state index contributed by atoms with van der Waals surface area (Å²) < 4.78 is 5.20. The van der Waals surface area contributed by atoms with Crippen molar-refractivity contribution in [3.63, 3.8) is 0 Å². The minimum Gasteiger partial charge on any atom is -0.386 e. The topological polar surface area (TPSA) is 66.4 Å². The molecule has 0 radical (unpaired) electrons. The number of nitrogens with one attached hydrogen (secondary N) is 2. The maximum atomic E-state index is 10.1. The quantitative estimate of drug-likeness (QED) is 0.714. The fourth-order valence-electron chi connectivity index (χ4n) is 1.88. The molecule has 0 spiro atoms. The van der Waals surface area contributed by atoms with Crippen LogP contribution < -0.4 is 10.6 Å². The smallest absolute Gasteiger partial charge is 0.128 e. The normalized spacial score (nSPS) is 23.0. The molecule has 1 fully saturated rings. The van der Waals surface area contributed by atoms with Crippen LogP contribution in [0.1, 0.15) is 19.8 Å². The summed E-state index contributed by atoms with van der Waals surface area (Å²) in [7, 11) is 0. The zero-order chi connectivity index (χ0) is 12.8.